The van der Waals surface area contributed by atoms with Gasteiger partial charge in [0.1, 0.15) is 0 Å². The predicted molar refractivity (Wildman–Crippen MR) is 54.9 cm³/mol. The Morgan fingerprint density at radius 3 is 2.71 bits per heavy atom. The molecule has 0 bridgehead atoms. The van der Waals surface area contributed by atoms with Gasteiger partial charge in [0.15, 0.2) is 0 Å². The molecule has 0 spiro atoms. The van der Waals surface area contributed by atoms with Crippen LogP contribution in [0.4, 0.5) is 0 Å². The zero-order valence-corrected chi connectivity index (χ0v) is 8.32. The molecule has 0 aliphatic carbocycles. The normalized spacial score (nSPS) is 11.4. The second kappa shape index (κ2) is 4.56. The Labute approximate surface area is 83.1 Å². The number of carboxylic acids is 1. The van der Waals surface area contributed by atoms with Crippen LogP contribution in [0, 0.1) is 6.92 Å². The van der Waals surface area contributed by atoms with Crippen molar-refractivity contribution in [3.05, 3.63) is 35.2 Å². The van der Waals surface area contributed by atoms with Gasteiger partial charge < -0.3 is 5.11 Å². The molecule has 1 aromatic rings. The SMILES string of the molecule is CC/C(=C\c1ccc(C)nc1)C(=O)O. The number of hydrogen-bond donors (Lipinski definition) is 1. The maximum absolute atomic E-state index is 10.7. The molecule has 0 aliphatic heterocycles. The predicted octanol–water partition coefficient (Wildman–Crippen LogP) is 2.27. The standard InChI is InChI=1S/C11H13NO2/c1-3-10(11(13)14)6-9-5-4-8(2)12-7-9/h4-7H,3H2,1-2H3,(H,13,14)/b10-6+. The fourth-order valence-electron chi connectivity index (χ4n) is 1.08. The highest BCUT2D eigenvalue weighted by molar-refractivity contribution is 5.91. The maximum Gasteiger partial charge on any atom is 0.331 e. The molecule has 3 nitrogen and oxygen atoms in total. The molecule has 1 rings (SSSR count). The van der Waals surface area contributed by atoms with Gasteiger partial charge in [0.2, 0.25) is 0 Å². The van der Waals surface area contributed by atoms with E-state index in [9.17, 15) is 4.79 Å². The van der Waals surface area contributed by atoms with E-state index in [2.05, 4.69) is 4.98 Å². The van der Waals surface area contributed by atoms with Crippen LogP contribution in [0.15, 0.2) is 23.9 Å². The van der Waals surface area contributed by atoms with Crippen molar-refractivity contribution in [2.24, 2.45) is 0 Å². The van der Waals surface area contributed by atoms with Gasteiger partial charge >= 0.3 is 5.97 Å². The lowest BCUT2D eigenvalue weighted by Gasteiger charge is -1.98. The minimum atomic E-state index is -0.868. The lowest BCUT2D eigenvalue weighted by Crippen LogP contribution is -1.98. The molecule has 74 valence electrons. The second-order valence-electron chi connectivity index (χ2n) is 3.06. The van der Waals surface area contributed by atoms with Crippen LogP contribution in [0.25, 0.3) is 6.08 Å². The lowest BCUT2D eigenvalue weighted by atomic mass is 10.1. The zero-order chi connectivity index (χ0) is 10.6. The van der Waals surface area contributed by atoms with Gasteiger partial charge in [-0.25, -0.2) is 4.79 Å². The summed E-state index contributed by atoms with van der Waals surface area (Å²) in [5.41, 5.74) is 2.15. The second-order valence-corrected chi connectivity index (χ2v) is 3.06. The molecule has 0 saturated heterocycles. The van der Waals surface area contributed by atoms with E-state index in [1.54, 1.807) is 12.3 Å². The first-order chi connectivity index (χ1) is 6.63. The molecule has 0 radical (unpaired) electrons. The van der Waals surface area contributed by atoms with Crippen LogP contribution in [0.3, 0.4) is 0 Å². The lowest BCUT2D eigenvalue weighted by molar-refractivity contribution is -0.132. The first-order valence-electron chi connectivity index (χ1n) is 4.50. The Hall–Kier alpha value is -1.64. The van der Waals surface area contributed by atoms with E-state index in [-0.39, 0.29) is 0 Å². The van der Waals surface area contributed by atoms with Crippen LogP contribution in [-0.4, -0.2) is 16.1 Å². The molecule has 0 fully saturated rings. The number of hydrogen-bond acceptors (Lipinski definition) is 2. The average Bonchev–Trinajstić information content (AvgIpc) is 2.16. The number of rotatable bonds is 3. The topological polar surface area (TPSA) is 50.2 Å². The van der Waals surface area contributed by atoms with Crippen LogP contribution in [0.2, 0.25) is 0 Å². The van der Waals surface area contributed by atoms with Crippen molar-refractivity contribution < 1.29 is 9.90 Å². The minimum Gasteiger partial charge on any atom is -0.478 e. The minimum absolute atomic E-state index is 0.399. The first kappa shape index (κ1) is 10.4. The zero-order valence-electron chi connectivity index (χ0n) is 8.32. The molecule has 0 aliphatic rings. The molecule has 1 N–H and O–H groups in total. The third kappa shape index (κ3) is 2.69. The fourth-order valence-corrected chi connectivity index (χ4v) is 1.08. The van der Waals surface area contributed by atoms with Gasteiger partial charge in [-0.1, -0.05) is 13.0 Å². The van der Waals surface area contributed by atoms with E-state index in [0.717, 1.165) is 11.3 Å². The molecule has 3 heteroatoms. The van der Waals surface area contributed by atoms with Gasteiger partial charge in [-0.15, -0.1) is 0 Å². The van der Waals surface area contributed by atoms with Gasteiger partial charge in [0, 0.05) is 17.5 Å². The number of aromatic nitrogens is 1. The smallest absolute Gasteiger partial charge is 0.331 e. The van der Waals surface area contributed by atoms with E-state index in [0.29, 0.717) is 12.0 Å². The molecule has 0 atom stereocenters. The third-order valence-electron chi connectivity index (χ3n) is 1.93. The molecule has 0 amide bonds. The molecular formula is C11H13NO2. The summed E-state index contributed by atoms with van der Waals surface area (Å²) in [4.78, 5) is 14.8. The molecular weight excluding hydrogens is 178 g/mol. The number of carbonyl (C=O) groups is 1. The number of aliphatic carboxylic acids is 1. The van der Waals surface area contributed by atoms with Gasteiger partial charge in [0.25, 0.3) is 0 Å². The molecule has 1 aromatic heterocycles. The van der Waals surface area contributed by atoms with Crippen LogP contribution in [-0.2, 0) is 4.79 Å². The summed E-state index contributed by atoms with van der Waals surface area (Å²) in [6.07, 6.45) is 3.84. The van der Waals surface area contributed by atoms with Crippen molar-refractivity contribution in [2.75, 3.05) is 0 Å². The third-order valence-corrected chi connectivity index (χ3v) is 1.93. The average molecular weight is 191 g/mol. The summed E-state index contributed by atoms with van der Waals surface area (Å²) in [6.45, 7) is 3.72. The van der Waals surface area contributed by atoms with Gasteiger partial charge in [-0.3, -0.25) is 4.98 Å². The van der Waals surface area contributed by atoms with E-state index >= 15 is 0 Å². The van der Waals surface area contributed by atoms with Crippen LogP contribution >= 0.6 is 0 Å². The van der Waals surface area contributed by atoms with Crippen LogP contribution in [0.1, 0.15) is 24.6 Å². The van der Waals surface area contributed by atoms with Crippen molar-refractivity contribution >= 4 is 12.0 Å². The molecule has 0 saturated carbocycles. The Morgan fingerprint density at radius 1 is 1.57 bits per heavy atom. The number of carboxylic acid groups (broad SMARTS) is 1. The largest absolute Gasteiger partial charge is 0.478 e. The number of nitrogens with zero attached hydrogens (tertiary/aromatic N) is 1. The van der Waals surface area contributed by atoms with E-state index in [1.165, 1.54) is 0 Å². The summed E-state index contributed by atoms with van der Waals surface area (Å²) >= 11 is 0. The Kier molecular flexibility index (Phi) is 3.40. The summed E-state index contributed by atoms with van der Waals surface area (Å²) in [6, 6.07) is 3.72. The fraction of sp³-hybridized carbons (Fsp3) is 0.273. The van der Waals surface area contributed by atoms with Gasteiger partial charge in [-0.2, -0.15) is 0 Å². The Morgan fingerprint density at radius 2 is 2.29 bits per heavy atom. The number of aryl methyl sites for hydroxylation is 1. The molecule has 0 unspecified atom stereocenters. The quantitative estimate of drug-likeness (QED) is 0.745. The highest BCUT2D eigenvalue weighted by Gasteiger charge is 2.03. The van der Waals surface area contributed by atoms with Crippen molar-refractivity contribution in [3.8, 4) is 0 Å². The first-order valence-corrected chi connectivity index (χ1v) is 4.50. The monoisotopic (exact) mass is 191 g/mol. The van der Waals surface area contributed by atoms with Crippen LogP contribution in [0.5, 0.6) is 0 Å². The highest BCUT2D eigenvalue weighted by atomic mass is 16.4. The van der Waals surface area contributed by atoms with Crippen molar-refractivity contribution in [2.45, 2.75) is 20.3 Å². The van der Waals surface area contributed by atoms with Gasteiger partial charge in [0.05, 0.1) is 0 Å². The molecule has 0 aromatic carbocycles. The van der Waals surface area contributed by atoms with Crippen LogP contribution < -0.4 is 0 Å². The van der Waals surface area contributed by atoms with E-state index in [4.69, 9.17) is 5.11 Å². The summed E-state index contributed by atoms with van der Waals surface area (Å²) < 4.78 is 0. The van der Waals surface area contributed by atoms with Gasteiger partial charge in [-0.05, 0) is 31.1 Å². The van der Waals surface area contributed by atoms with E-state index in [1.807, 2.05) is 26.0 Å². The van der Waals surface area contributed by atoms with Crippen molar-refractivity contribution in [1.29, 1.82) is 0 Å². The van der Waals surface area contributed by atoms with Crippen molar-refractivity contribution in [3.63, 3.8) is 0 Å². The van der Waals surface area contributed by atoms with Crippen molar-refractivity contribution in [1.82, 2.24) is 4.98 Å². The molecule has 14 heavy (non-hydrogen) atoms. The Bertz CT molecular complexity index is 352. The Balaban J connectivity index is 2.95. The highest BCUT2D eigenvalue weighted by Crippen LogP contribution is 2.09. The number of pyridine rings is 1. The maximum atomic E-state index is 10.7. The summed E-state index contributed by atoms with van der Waals surface area (Å²) in [5, 5.41) is 8.80. The molecule has 1 heterocycles. The van der Waals surface area contributed by atoms with E-state index < -0.39 is 5.97 Å². The summed E-state index contributed by atoms with van der Waals surface area (Å²) in [7, 11) is 0. The summed E-state index contributed by atoms with van der Waals surface area (Å²) in [5.74, 6) is -0.868.